The van der Waals surface area contributed by atoms with E-state index in [4.69, 9.17) is 23.9 Å². The van der Waals surface area contributed by atoms with Crippen molar-refractivity contribution in [3.05, 3.63) is 36.4 Å². The summed E-state index contributed by atoms with van der Waals surface area (Å²) < 4.78 is 24.2. The Kier molecular flexibility index (Phi) is 6.24. The first-order valence-electron chi connectivity index (χ1n) is 11.3. The lowest BCUT2D eigenvalue weighted by Crippen LogP contribution is -2.48. The summed E-state index contributed by atoms with van der Waals surface area (Å²) in [5.41, 5.74) is 0.783. The molecule has 3 heterocycles. The van der Waals surface area contributed by atoms with Crippen molar-refractivity contribution in [1.82, 2.24) is 9.88 Å². The lowest BCUT2D eigenvalue weighted by molar-refractivity contribution is -0.127. The molecule has 0 bridgehead atoms. The Morgan fingerprint density at radius 1 is 1.00 bits per heavy atom. The molecular formula is C24H27N3O5S. The zero-order chi connectivity index (χ0) is 22.8. The van der Waals surface area contributed by atoms with Crippen molar-refractivity contribution in [3.8, 4) is 23.0 Å². The number of fused-ring (bicyclic) bond motifs is 3. The molecule has 1 aromatic heterocycles. The monoisotopic (exact) mass is 469 g/mol. The standard InChI is InChI=1S/C24H27N3O5S/c1-3-26(4-2)9-10-27(23(28)21-15-31-17-7-5-6-8-18(17)32-21)24-25-16-13-19-20(14-22(16)33-24)30-12-11-29-19/h5-8,13-14,21H,3-4,9-12,15H2,1-2H3/t21-/m0/s1. The number of hydrogen-bond acceptors (Lipinski definition) is 8. The second-order valence-corrected chi connectivity index (χ2v) is 8.85. The fraction of sp³-hybridized carbons (Fsp3) is 0.417. The number of para-hydroxylation sites is 2. The molecule has 0 spiro atoms. The van der Waals surface area contributed by atoms with E-state index < -0.39 is 6.10 Å². The maximum atomic E-state index is 13.7. The number of carbonyl (C=O) groups excluding carboxylic acids is 1. The Morgan fingerprint density at radius 2 is 1.73 bits per heavy atom. The summed E-state index contributed by atoms with van der Waals surface area (Å²) in [7, 11) is 0. The van der Waals surface area contributed by atoms with Crippen LogP contribution >= 0.6 is 11.3 Å². The van der Waals surface area contributed by atoms with Crippen LogP contribution in [0.15, 0.2) is 36.4 Å². The number of carbonyl (C=O) groups is 1. The number of ether oxygens (including phenoxy) is 4. The molecule has 0 radical (unpaired) electrons. The Morgan fingerprint density at radius 3 is 2.48 bits per heavy atom. The normalized spacial score (nSPS) is 16.8. The van der Waals surface area contributed by atoms with Crippen molar-refractivity contribution in [1.29, 1.82) is 0 Å². The van der Waals surface area contributed by atoms with Crippen LogP contribution in [0.1, 0.15) is 13.8 Å². The van der Waals surface area contributed by atoms with E-state index in [1.165, 1.54) is 11.3 Å². The third-order valence-corrected chi connectivity index (χ3v) is 6.90. The van der Waals surface area contributed by atoms with Gasteiger partial charge in [0.1, 0.15) is 19.8 Å². The van der Waals surface area contributed by atoms with Crippen LogP contribution in [0.5, 0.6) is 23.0 Å². The minimum absolute atomic E-state index is 0.159. The van der Waals surface area contributed by atoms with Crippen molar-refractivity contribution in [2.24, 2.45) is 0 Å². The van der Waals surface area contributed by atoms with Gasteiger partial charge in [-0.1, -0.05) is 37.3 Å². The molecule has 8 nitrogen and oxygen atoms in total. The van der Waals surface area contributed by atoms with Gasteiger partial charge in [0.05, 0.1) is 10.2 Å². The van der Waals surface area contributed by atoms with E-state index in [-0.39, 0.29) is 12.5 Å². The highest BCUT2D eigenvalue weighted by Crippen LogP contribution is 2.39. The molecule has 9 heteroatoms. The Labute approximate surface area is 196 Å². The number of nitrogens with zero attached hydrogens (tertiary/aromatic N) is 3. The first-order chi connectivity index (χ1) is 16.2. The first kappa shape index (κ1) is 21.8. The highest BCUT2D eigenvalue weighted by atomic mass is 32.1. The lowest BCUT2D eigenvalue weighted by Gasteiger charge is -2.30. The third kappa shape index (κ3) is 4.43. The third-order valence-electron chi connectivity index (χ3n) is 5.86. The molecule has 2 aliphatic rings. The average molecular weight is 470 g/mol. The van der Waals surface area contributed by atoms with Crippen LogP contribution in [-0.4, -0.2) is 67.9 Å². The lowest BCUT2D eigenvalue weighted by atomic mass is 10.2. The van der Waals surface area contributed by atoms with Crippen LogP contribution in [-0.2, 0) is 4.79 Å². The quantitative estimate of drug-likeness (QED) is 0.524. The second-order valence-electron chi connectivity index (χ2n) is 7.84. The number of likely N-dealkylation sites (N-methyl/N-ethyl adjacent to an activating group) is 1. The second kappa shape index (κ2) is 9.44. The molecule has 0 aliphatic carbocycles. The zero-order valence-corrected chi connectivity index (χ0v) is 19.6. The van der Waals surface area contributed by atoms with Crippen molar-refractivity contribution >= 4 is 32.6 Å². The smallest absolute Gasteiger partial charge is 0.273 e. The fourth-order valence-electron chi connectivity index (χ4n) is 3.96. The average Bonchev–Trinajstić information content (AvgIpc) is 3.27. The summed E-state index contributed by atoms with van der Waals surface area (Å²) in [6.45, 7) is 8.52. The van der Waals surface area contributed by atoms with E-state index in [0.717, 1.165) is 29.9 Å². The molecule has 0 N–H and O–H groups in total. The topological polar surface area (TPSA) is 73.4 Å². The number of hydrogen-bond donors (Lipinski definition) is 0. The molecule has 33 heavy (non-hydrogen) atoms. The van der Waals surface area contributed by atoms with E-state index in [9.17, 15) is 4.79 Å². The van der Waals surface area contributed by atoms with Gasteiger partial charge in [0.25, 0.3) is 5.91 Å². The largest absolute Gasteiger partial charge is 0.486 e. The number of rotatable bonds is 7. The molecule has 0 saturated heterocycles. The summed E-state index contributed by atoms with van der Waals surface area (Å²) in [6.07, 6.45) is -0.733. The van der Waals surface area contributed by atoms with Gasteiger partial charge in [0.2, 0.25) is 6.10 Å². The molecule has 5 rings (SSSR count). The number of anilines is 1. The van der Waals surface area contributed by atoms with E-state index in [1.807, 2.05) is 36.4 Å². The van der Waals surface area contributed by atoms with Crippen molar-refractivity contribution < 1.29 is 23.7 Å². The molecule has 1 amide bonds. The van der Waals surface area contributed by atoms with Crippen LogP contribution in [0.2, 0.25) is 0 Å². The summed E-state index contributed by atoms with van der Waals surface area (Å²) in [6, 6.07) is 11.2. The predicted octanol–water partition coefficient (Wildman–Crippen LogP) is 3.58. The van der Waals surface area contributed by atoms with Gasteiger partial charge in [-0.05, 0) is 25.2 Å². The molecule has 0 saturated carbocycles. The minimum atomic E-state index is -0.733. The molecule has 2 aromatic carbocycles. The maximum Gasteiger partial charge on any atom is 0.273 e. The van der Waals surface area contributed by atoms with Crippen LogP contribution in [0.3, 0.4) is 0 Å². The molecule has 174 valence electrons. The summed E-state index contributed by atoms with van der Waals surface area (Å²) in [5, 5.41) is 0.631. The maximum absolute atomic E-state index is 13.7. The van der Waals surface area contributed by atoms with Crippen molar-refractivity contribution in [3.63, 3.8) is 0 Å². The van der Waals surface area contributed by atoms with Gasteiger partial charge >= 0.3 is 0 Å². The predicted molar refractivity (Wildman–Crippen MR) is 127 cm³/mol. The highest BCUT2D eigenvalue weighted by molar-refractivity contribution is 7.22. The van der Waals surface area contributed by atoms with E-state index in [2.05, 4.69) is 18.7 Å². The van der Waals surface area contributed by atoms with Gasteiger partial charge in [0.15, 0.2) is 28.1 Å². The SMILES string of the molecule is CCN(CC)CCN(C(=O)[C@@H]1COc2ccccc2O1)c1nc2cc3c(cc2s1)OCCO3. The number of thiazole rings is 1. The van der Waals surface area contributed by atoms with Gasteiger partial charge in [-0.2, -0.15) is 0 Å². The van der Waals surface area contributed by atoms with Gasteiger partial charge in [-0.3, -0.25) is 9.69 Å². The van der Waals surface area contributed by atoms with Crippen LogP contribution in [0.4, 0.5) is 5.13 Å². The molecular weight excluding hydrogens is 442 g/mol. The fourth-order valence-corrected chi connectivity index (χ4v) is 4.97. The Bertz CT molecular complexity index is 1100. The van der Waals surface area contributed by atoms with Crippen LogP contribution in [0, 0.1) is 0 Å². The molecule has 1 atom stereocenters. The summed E-state index contributed by atoms with van der Waals surface area (Å²) in [5.74, 6) is 2.48. The molecule has 0 unspecified atom stereocenters. The van der Waals surface area contributed by atoms with Crippen molar-refractivity contribution in [2.45, 2.75) is 20.0 Å². The van der Waals surface area contributed by atoms with Gasteiger partial charge < -0.3 is 23.8 Å². The van der Waals surface area contributed by atoms with Crippen LogP contribution < -0.4 is 23.8 Å². The van der Waals surface area contributed by atoms with Gasteiger partial charge in [-0.15, -0.1) is 0 Å². The molecule has 0 fully saturated rings. The Hall–Kier alpha value is -3.04. The first-order valence-corrected chi connectivity index (χ1v) is 12.1. The molecule has 3 aromatic rings. The van der Waals surface area contributed by atoms with Crippen molar-refractivity contribution in [2.75, 3.05) is 50.9 Å². The van der Waals surface area contributed by atoms with Gasteiger partial charge in [0, 0.05) is 25.2 Å². The Balaban J connectivity index is 1.44. The molecule has 2 aliphatic heterocycles. The highest BCUT2D eigenvalue weighted by Gasteiger charge is 2.33. The van der Waals surface area contributed by atoms with E-state index in [0.29, 0.717) is 47.9 Å². The van der Waals surface area contributed by atoms with Crippen LogP contribution in [0.25, 0.3) is 10.2 Å². The summed E-state index contributed by atoms with van der Waals surface area (Å²) in [4.78, 5) is 22.4. The number of amides is 1. The van der Waals surface area contributed by atoms with E-state index in [1.54, 1.807) is 4.90 Å². The zero-order valence-electron chi connectivity index (χ0n) is 18.8. The summed E-state index contributed by atoms with van der Waals surface area (Å²) >= 11 is 1.47. The van der Waals surface area contributed by atoms with E-state index >= 15 is 0 Å². The number of benzene rings is 2. The van der Waals surface area contributed by atoms with Gasteiger partial charge in [-0.25, -0.2) is 4.98 Å². The number of aromatic nitrogens is 1. The minimum Gasteiger partial charge on any atom is -0.486 e.